The Morgan fingerprint density at radius 1 is 1.28 bits per heavy atom. The van der Waals surface area contributed by atoms with Gasteiger partial charge in [-0.25, -0.2) is 9.59 Å². The van der Waals surface area contributed by atoms with Crippen molar-refractivity contribution < 1.29 is 14.7 Å². The third kappa shape index (κ3) is 5.86. The van der Waals surface area contributed by atoms with E-state index in [-0.39, 0.29) is 6.03 Å². The molecule has 0 aliphatic rings. The number of carbonyl (C=O) groups excluding carboxylic acids is 1. The third-order valence-corrected chi connectivity index (χ3v) is 3.08. The Labute approximate surface area is 109 Å². The van der Waals surface area contributed by atoms with Crippen LogP contribution in [0.25, 0.3) is 0 Å². The highest BCUT2D eigenvalue weighted by Gasteiger charge is 2.20. The van der Waals surface area contributed by atoms with Crippen molar-refractivity contribution >= 4 is 12.0 Å². The summed E-state index contributed by atoms with van der Waals surface area (Å²) in [7, 11) is 1.48. The maximum atomic E-state index is 11.6. The molecule has 6 nitrogen and oxygen atoms in total. The van der Waals surface area contributed by atoms with E-state index in [1.807, 2.05) is 0 Å². The molecule has 0 bridgehead atoms. The minimum atomic E-state index is -1.00. The highest BCUT2D eigenvalue weighted by Crippen LogP contribution is 1.96. The number of carboxylic acids is 1. The smallest absolute Gasteiger partial charge is 0.326 e. The van der Waals surface area contributed by atoms with Crippen molar-refractivity contribution in [2.24, 2.45) is 0 Å². The molecule has 1 atom stereocenters. The minimum Gasteiger partial charge on any atom is -0.480 e. The molecule has 6 heteroatoms. The number of carbonyl (C=O) groups is 2. The lowest BCUT2D eigenvalue weighted by atomic mass is 10.3. The van der Waals surface area contributed by atoms with E-state index in [1.165, 1.54) is 18.9 Å². The van der Waals surface area contributed by atoms with Crippen molar-refractivity contribution in [1.82, 2.24) is 15.1 Å². The predicted molar refractivity (Wildman–Crippen MR) is 70.7 cm³/mol. The van der Waals surface area contributed by atoms with E-state index in [0.717, 1.165) is 26.1 Å². The van der Waals surface area contributed by atoms with Gasteiger partial charge in [-0.1, -0.05) is 13.8 Å². The minimum absolute atomic E-state index is 0.343. The Kier molecular flexibility index (Phi) is 8.11. The number of nitrogens with one attached hydrogen (secondary N) is 1. The quantitative estimate of drug-likeness (QED) is 0.633. The zero-order valence-corrected chi connectivity index (χ0v) is 11.8. The standard InChI is InChI=1S/C12H25N3O3/c1-5-15(6-2)9-7-8-13-12(18)14(4)10(3)11(16)17/h10H,5-9H2,1-4H3,(H,13,18)(H,16,17). The van der Waals surface area contributed by atoms with Crippen molar-refractivity contribution in [1.29, 1.82) is 0 Å². The van der Waals surface area contributed by atoms with Crippen LogP contribution in [-0.2, 0) is 4.79 Å². The number of likely N-dealkylation sites (N-methyl/N-ethyl adjacent to an activating group) is 1. The molecule has 0 fully saturated rings. The van der Waals surface area contributed by atoms with Crippen LogP contribution in [0.5, 0.6) is 0 Å². The average molecular weight is 259 g/mol. The van der Waals surface area contributed by atoms with E-state index in [4.69, 9.17) is 5.11 Å². The fraction of sp³-hybridized carbons (Fsp3) is 0.833. The van der Waals surface area contributed by atoms with Crippen LogP contribution in [0, 0.1) is 0 Å². The molecular formula is C12H25N3O3. The van der Waals surface area contributed by atoms with E-state index >= 15 is 0 Å². The van der Waals surface area contributed by atoms with Gasteiger partial charge in [0.05, 0.1) is 0 Å². The number of carboxylic acid groups (broad SMARTS) is 1. The molecule has 0 aromatic heterocycles. The van der Waals surface area contributed by atoms with Crippen LogP contribution in [0.1, 0.15) is 27.2 Å². The molecule has 0 radical (unpaired) electrons. The number of hydrogen-bond donors (Lipinski definition) is 2. The number of aliphatic carboxylic acids is 1. The van der Waals surface area contributed by atoms with Crippen LogP contribution < -0.4 is 5.32 Å². The molecule has 0 saturated heterocycles. The molecule has 0 aliphatic carbocycles. The van der Waals surface area contributed by atoms with Gasteiger partial charge in [-0.2, -0.15) is 0 Å². The second kappa shape index (κ2) is 8.74. The van der Waals surface area contributed by atoms with Gasteiger partial charge in [-0.3, -0.25) is 0 Å². The first-order valence-corrected chi connectivity index (χ1v) is 6.39. The molecule has 1 unspecified atom stereocenters. The Balaban J connectivity index is 3.86. The van der Waals surface area contributed by atoms with Crippen LogP contribution in [-0.4, -0.2) is 66.2 Å². The van der Waals surface area contributed by atoms with Gasteiger partial charge in [-0.05, 0) is 33.0 Å². The SMILES string of the molecule is CCN(CC)CCCNC(=O)N(C)C(C)C(=O)O. The molecule has 0 aliphatic heterocycles. The van der Waals surface area contributed by atoms with Crippen LogP contribution in [0.4, 0.5) is 4.79 Å². The molecular weight excluding hydrogens is 234 g/mol. The first-order chi connectivity index (χ1) is 8.43. The molecule has 0 heterocycles. The molecule has 0 spiro atoms. The zero-order chi connectivity index (χ0) is 14.1. The summed E-state index contributed by atoms with van der Waals surface area (Å²) in [6.07, 6.45) is 0.864. The van der Waals surface area contributed by atoms with Gasteiger partial charge >= 0.3 is 12.0 Å². The van der Waals surface area contributed by atoms with Crippen molar-refractivity contribution in [2.75, 3.05) is 33.2 Å². The van der Waals surface area contributed by atoms with Gasteiger partial charge in [0.1, 0.15) is 6.04 Å². The van der Waals surface area contributed by atoms with Gasteiger partial charge in [-0.15, -0.1) is 0 Å². The number of urea groups is 1. The molecule has 106 valence electrons. The van der Waals surface area contributed by atoms with Gasteiger partial charge < -0.3 is 20.2 Å². The Bertz CT molecular complexity index is 267. The van der Waals surface area contributed by atoms with E-state index < -0.39 is 12.0 Å². The molecule has 0 saturated carbocycles. The summed E-state index contributed by atoms with van der Waals surface area (Å²) in [5.74, 6) is -1.00. The van der Waals surface area contributed by atoms with Crippen LogP contribution >= 0.6 is 0 Å². The second-order valence-corrected chi connectivity index (χ2v) is 4.24. The van der Waals surface area contributed by atoms with Crippen LogP contribution in [0.2, 0.25) is 0 Å². The summed E-state index contributed by atoms with van der Waals surface area (Å²) in [6, 6.07) is -1.16. The summed E-state index contributed by atoms with van der Waals surface area (Å²) >= 11 is 0. The van der Waals surface area contributed by atoms with Crippen LogP contribution in [0.3, 0.4) is 0 Å². The van der Waals surface area contributed by atoms with Crippen molar-refractivity contribution in [3.05, 3.63) is 0 Å². The lowest BCUT2D eigenvalue weighted by Crippen LogP contribution is -2.46. The van der Waals surface area contributed by atoms with E-state index in [1.54, 1.807) is 0 Å². The highest BCUT2D eigenvalue weighted by atomic mass is 16.4. The lowest BCUT2D eigenvalue weighted by molar-refractivity contribution is -0.141. The summed E-state index contributed by atoms with van der Waals surface area (Å²) in [6.45, 7) is 9.19. The Hall–Kier alpha value is -1.30. The van der Waals surface area contributed by atoms with E-state index in [9.17, 15) is 9.59 Å². The first-order valence-electron chi connectivity index (χ1n) is 6.39. The van der Waals surface area contributed by atoms with Gasteiger partial charge in [0, 0.05) is 13.6 Å². The molecule has 2 N–H and O–H groups in total. The third-order valence-electron chi connectivity index (χ3n) is 3.08. The maximum absolute atomic E-state index is 11.6. The molecule has 0 rings (SSSR count). The summed E-state index contributed by atoms with van der Waals surface area (Å²) in [5.41, 5.74) is 0. The zero-order valence-electron chi connectivity index (χ0n) is 11.8. The van der Waals surface area contributed by atoms with Gasteiger partial charge in [0.2, 0.25) is 0 Å². The maximum Gasteiger partial charge on any atom is 0.326 e. The Morgan fingerprint density at radius 2 is 1.83 bits per heavy atom. The second-order valence-electron chi connectivity index (χ2n) is 4.24. The number of nitrogens with zero attached hydrogens (tertiary/aromatic N) is 2. The number of rotatable bonds is 8. The lowest BCUT2D eigenvalue weighted by Gasteiger charge is -2.22. The fourth-order valence-corrected chi connectivity index (χ4v) is 1.50. The predicted octanol–water partition coefficient (Wildman–Crippen LogP) is 0.833. The molecule has 0 aromatic rings. The molecule has 18 heavy (non-hydrogen) atoms. The number of amides is 2. The monoisotopic (exact) mass is 259 g/mol. The van der Waals surface area contributed by atoms with Gasteiger partial charge in [0.15, 0.2) is 0 Å². The summed E-state index contributed by atoms with van der Waals surface area (Å²) < 4.78 is 0. The normalized spacial score (nSPS) is 12.3. The summed E-state index contributed by atoms with van der Waals surface area (Å²) in [4.78, 5) is 25.8. The fourth-order valence-electron chi connectivity index (χ4n) is 1.50. The number of hydrogen-bond acceptors (Lipinski definition) is 3. The van der Waals surface area contributed by atoms with Crippen LogP contribution in [0.15, 0.2) is 0 Å². The van der Waals surface area contributed by atoms with Gasteiger partial charge in [0.25, 0.3) is 0 Å². The first kappa shape index (κ1) is 16.7. The highest BCUT2D eigenvalue weighted by molar-refractivity contribution is 5.82. The average Bonchev–Trinajstić information content (AvgIpc) is 2.36. The largest absolute Gasteiger partial charge is 0.480 e. The van der Waals surface area contributed by atoms with Crippen molar-refractivity contribution in [3.63, 3.8) is 0 Å². The van der Waals surface area contributed by atoms with Crippen molar-refractivity contribution in [2.45, 2.75) is 33.2 Å². The van der Waals surface area contributed by atoms with E-state index in [0.29, 0.717) is 6.54 Å². The summed E-state index contributed by atoms with van der Waals surface area (Å²) in [5, 5.41) is 11.5. The molecule has 0 aromatic carbocycles. The van der Waals surface area contributed by atoms with E-state index in [2.05, 4.69) is 24.1 Å². The molecule has 2 amide bonds. The van der Waals surface area contributed by atoms with Crippen molar-refractivity contribution in [3.8, 4) is 0 Å². The Morgan fingerprint density at radius 3 is 2.28 bits per heavy atom. The topological polar surface area (TPSA) is 72.9 Å².